The lowest BCUT2D eigenvalue weighted by atomic mass is 10.0. The standard InChI is InChI=1S/C16H24O4/c1-3-5-7-9-12-10-11-13(8-6-4-2)15(14(12)17)20-16(18)19/h10-11,17H,3-9H2,1-2H3,(H,18,19). The van der Waals surface area contributed by atoms with Gasteiger partial charge in [0, 0.05) is 0 Å². The molecule has 0 atom stereocenters. The zero-order chi connectivity index (χ0) is 15.0. The molecule has 0 aliphatic carbocycles. The number of phenols is 1. The van der Waals surface area contributed by atoms with E-state index >= 15 is 0 Å². The van der Waals surface area contributed by atoms with Crippen LogP contribution in [0.1, 0.15) is 57.1 Å². The van der Waals surface area contributed by atoms with Crippen molar-refractivity contribution in [1.29, 1.82) is 0 Å². The van der Waals surface area contributed by atoms with Gasteiger partial charge in [-0.05, 0) is 36.8 Å². The Bertz CT molecular complexity index is 440. The van der Waals surface area contributed by atoms with Crippen LogP contribution in [0.5, 0.6) is 11.5 Å². The fourth-order valence-electron chi connectivity index (χ4n) is 2.19. The molecule has 0 aliphatic rings. The molecule has 1 rings (SSSR count). The molecule has 0 saturated carbocycles. The molecule has 0 saturated heterocycles. The van der Waals surface area contributed by atoms with Crippen molar-refractivity contribution in [3.8, 4) is 11.5 Å². The van der Waals surface area contributed by atoms with E-state index in [0.717, 1.165) is 49.7 Å². The monoisotopic (exact) mass is 280 g/mol. The highest BCUT2D eigenvalue weighted by molar-refractivity contribution is 5.65. The summed E-state index contributed by atoms with van der Waals surface area (Å²) in [5.74, 6) is 0.0945. The summed E-state index contributed by atoms with van der Waals surface area (Å²) in [5, 5.41) is 19.0. The first-order valence-corrected chi connectivity index (χ1v) is 7.34. The first-order chi connectivity index (χ1) is 9.60. The molecule has 0 amide bonds. The second-order valence-electron chi connectivity index (χ2n) is 4.99. The number of aryl methyl sites for hydroxylation is 2. The van der Waals surface area contributed by atoms with Gasteiger partial charge in [-0.3, -0.25) is 0 Å². The van der Waals surface area contributed by atoms with Gasteiger partial charge in [0.1, 0.15) is 0 Å². The second-order valence-corrected chi connectivity index (χ2v) is 4.99. The van der Waals surface area contributed by atoms with Crippen molar-refractivity contribution in [2.75, 3.05) is 0 Å². The molecule has 0 unspecified atom stereocenters. The summed E-state index contributed by atoms with van der Waals surface area (Å²) in [6.07, 6.45) is 5.18. The lowest BCUT2D eigenvalue weighted by Crippen LogP contribution is -2.06. The number of phenolic OH excluding ortho intramolecular Hbond substituents is 1. The van der Waals surface area contributed by atoms with Gasteiger partial charge in [0.25, 0.3) is 0 Å². The highest BCUT2D eigenvalue weighted by Gasteiger charge is 2.16. The molecule has 0 spiro atoms. The predicted molar refractivity (Wildman–Crippen MR) is 78.6 cm³/mol. The van der Waals surface area contributed by atoms with Gasteiger partial charge in [-0.15, -0.1) is 0 Å². The summed E-state index contributed by atoms with van der Waals surface area (Å²) in [4.78, 5) is 10.8. The van der Waals surface area contributed by atoms with Crippen molar-refractivity contribution in [3.05, 3.63) is 23.3 Å². The van der Waals surface area contributed by atoms with Crippen LogP contribution in [0.4, 0.5) is 4.79 Å². The number of carboxylic acid groups (broad SMARTS) is 1. The number of hydrogen-bond acceptors (Lipinski definition) is 3. The molecule has 1 aromatic rings. The topological polar surface area (TPSA) is 66.8 Å². The molecule has 1 aromatic carbocycles. The molecule has 0 fully saturated rings. The molecule has 0 radical (unpaired) electrons. The molecule has 0 bridgehead atoms. The normalized spacial score (nSPS) is 10.5. The summed E-state index contributed by atoms with van der Waals surface area (Å²) in [6, 6.07) is 3.75. The van der Waals surface area contributed by atoms with E-state index in [9.17, 15) is 9.90 Å². The Hall–Kier alpha value is -1.71. The first-order valence-electron chi connectivity index (χ1n) is 7.34. The van der Waals surface area contributed by atoms with E-state index < -0.39 is 6.16 Å². The molecular formula is C16H24O4. The molecule has 4 nitrogen and oxygen atoms in total. The third-order valence-corrected chi connectivity index (χ3v) is 3.34. The predicted octanol–water partition coefficient (Wildman–Crippen LogP) is 4.52. The Balaban J connectivity index is 2.96. The van der Waals surface area contributed by atoms with Gasteiger partial charge in [-0.25, -0.2) is 4.79 Å². The van der Waals surface area contributed by atoms with Crippen LogP contribution >= 0.6 is 0 Å². The lowest BCUT2D eigenvalue weighted by Gasteiger charge is -2.13. The largest absolute Gasteiger partial charge is 0.511 e. The average Bonchev–Trinajstić information content (AvgIpc) is 2.41. The summed E-state index contributed by atoms with van der Waals surface area (Å²) in [7, 11) is 0. The minimum Gasteiger partial charge on any atom is -0.504 e. The van der Waals surface area contributed by atoms with Gasteiger partial charge in [0.2, 0.25) is 0 Å². The maximum Gasteiger partial charge on any atom is 0.511 e. The van der Waals surface area contributed by atoms with Crippen molar-refractivity contribution < 1.29 is 19.7 Å². The third kappa shape index (κ3) is 4.76. The van der Waals surface area contributed by atoms with E-state index in [1.54, 1.807) is 0 Å². The van der Waals surface area contributed by atoms with Crippen LogP contribution in [0.3, 0.4) is 0 Å². The smallest absolute Gasteiger partial charge is 0.504 e. The molecule has 112 valence electrons. The molecule has 0 aromatic heterocycles. The Morgan fingerprint density at radius 1 is 1.05 bits per heavy atom. The lowest BCUT2D eigenvalue weighted by molar-refractivity contribution is 0.142. The Kier molecular flexibility index (Phi) is 6.91. The summed E-state index contributed by atoms with van der Waals surface area (Å²) >= 11 is 0. The van der Waals surface area contributed by atoms with Gasteiger partial charge < -0.3 is 14.9 Å². The van der Waals surface area contributed by atoms with Crippen molar-refractivity contribution in [1.82, 2.24) is 0 Å². The maximum absolute atomic E-state index is 10.8. The van der Waals surface area contributed by atoms with Crippen LogP contribution in [0, 0.1) is 0 Å². The van der Waals surface area contributed by atoms with E-state index in [2.05, 4.69) is 13.8 Å². The second kappa shape index (κ2) is 8.46. The highest BCUT2D eigenvalue weighted by atomic mass is 16.7. The van der Waals surface area contributed by atoms with E-state index in [1.807, 2.05) is 12.1 Å². The number of rotatable bonds is 8. The van der Waals surface area contributed by atoms with Crippen molar-refractivity contribution in [3.63, 3.8) is 0 Å². The summed E-state index contributed by atoms with van der Waals surface area (Å²) in [6.45, 7) is 4.18. The van der Waals surface area contributed by atoms with Crippen LogP contribution in [0.2, 0.25) is 0 Å². The van der Waals surface area contributed by atoms with Gasteiger partial charge in [-0.2, -0.15) is 0 Å². The Labute approximate surface area is 120 Å². The van der Waals surface area contributed by atoms with E-state index in [4.69, 9.17) is 9.84 Å². The fraction of sp³-hybridized carbons (Fsp3) is 0.562. The van der Waals surface area contributed by atoms with Gasteiger partial charge in [0.15, 0.2) is 11.5 Å². The number of aromatic hydroxyl groups is 1. The quantitative estimate of drug-likeness (QED) is 0.417. The Morgan fingerprint density at radius 3 is 2.25 bits per heavy atom. The first kappa shape index (κ1) is 16.3. The zero-order valence-electron chi connectivity index (χ0n) is 12.3. The van der Waals surface area contributed by atoms with Crippen LogP contribution in [-0.2, 0) is 12.8 Å². The highest BCUT2D eigenvalue weighted by Crippen LogP contribution is 2.36. The average molecular weight is 280 g/mol. The van der Waals surface area contributed by atoms with Crippen molar-refractivity contribution in [2.45, 2.75) is 58.8 Å². The molecule has 20 heavy (non-hydrogen) atoms. The van der Waals surface area contributed by atoms with Gasteiger partial charge in [0.05, 0.1) is 0 Å². The number of carbonyl (C=O) groups is 1. The third-order valence-electron chi connectivity index (χ3n) is 3.34. The SMILES string of the molecule is CCCCCc1ccc(CCCC)c(OC(=O)O)c1O. The number of ether oxygens (including phenoxy) is 1. The number of benzene rings is 1. The van der Waals surface area contributed by atoms with Gasteiger partial charge in [-0.1, -0.05) is 45.2 Å². The molecule has 0 heterocycles. The van der Waals surface area contributed by atoms with Gasteiger partial charge >= 0.3 is 6.16 Å². The van der Waals surface area contributed by atoms with E-state index in [1.165, 1.54) is 0 Å². The molecular weight excluding hydrogens is 256 g/mol. The maximum atomic E-state index is 10.8. The molecule has 2 N–H and O–H groups in total. The fourth-order valence-corrected chi connectivity index (χ4v) is 2.19. The number of hydrogen-bond donors (Lipinski definition) is 2. The summed E-state index contributed by atoms with van der Waals surface area (Å²) in [5.41, 5.74) is 1.51. The van der Waals surface area contributed by atoms with Crippen molar-refractivity contribution in [2.24, 2.45) is 0 Å². The minimum absolute atomic E-state index is 0.0166. The number of unbranched alkanes of at least 4 members (excludes halogenated alkanes) is 3. The van der Waals surface area contributed by atoms with Crippen molar-refractivity contribution >= 4 is 6.16 Å². The van der Waals surface area contributed by atoms with Crippen LogP contribution in [-0.4, -0.2) is 16.4 Å². The summed E-state index contributed by atoms with van der Waals surface area (Å²) < 4.78 is 4.79. The van der Waals surface area contributed by atoms with Crippen LogP contribution in [0.25, 0.3) is 0 Å². The van der Waals surface area contributed by atoms with E-state index in [0.29, 0.717) is 6.42 Å². The van der Waals surface area contributed by atoms with E-state index in [-0.39, 0.29) is 11.5 Å². The van der Waals surface area contributed by atoms with Crippen LogP contribution < -0.4 is 4.74 Å². The molecule has 4 heteroatoms. The minimum atomic E-state index is -1.39. The zero-order valence-corrected chi connectivity index (χ0v) is 12.3. The Morgan fingerprint density at radius 2 is 1.65 bits per heavy atom. The molecule has 0 aliphatic heterocycles. The van der Waals surface area contributed by atoms with Crippen LogP contribution in [0.15, 0.2) is 12.1 Å².